The van der Waals surface area contributed by atoms with Crippen LogP contribution in [0.4, 0.5) is 4.79 Å². The summed E-state index contributed by atoms with van der Waals surface area (Å²) in [6.07, 6.45) is 7.40. The van der Waals surface area contributed by atoms with Crippen molar-refractivity contribution in [2.45, 2.75) is 52.4 Å². The van der Waals surface area contributed by atoms with Gasteiger partial charge in [0.1, 0.15) is 0 Å². The molecule has 1 N–H and O–H groups in total. The zero-order chi connectivity index (χ0) is 15.1. The van der Waals surface area contributed by atoms with Gasteiger partial charge in [0.15, 0.2) is 0 Å². The number of nitrogens with one attached hydrogen (secondary N) is 1. The van der Waals surface area contributed by atoms with Crippen molar-refractivity contribution in [3.63, 3.8) is 0 Å². The summed E-state index contributed by atoms with van der Waals surface area (Å²) in [4.78, 5) is 16.7. The fourth-order valence-electron chi connectivity index (χ4n) is 3.05. The molecule has 1 saturated carbocycles. The number of amides is 2. The van der Waals surface area contributed by atoms with E-state index in [2.05, 4.69) is 24.1 Å². The van der Waals surface area contributed by atoms with Crippen LogP contribution in [0.5, 0.6) is 0 Å². The van der Waals surface area contributed by atoms with E-state index in [1.54, 1.807) is 0 Å². The van der Waals surface area contributed by atoms with Gasteiger partial charge < -0.3 is 15.1 Å². The van der Waals surface area contributed by atoms with Crippen LogP contribution >= 0.6 is 0 Å². The van der Waals surface area contributed by atoms with E-state index in [1.807, 2.05) is 4.90 Å². The summed E-state index contributed by atoms with van der Waals surface area (Å²) in [5.41, 5.74) is 0. The average molecular weight is 295 g/mol. The molecule has 0 aromatic heterocycles. The molecular weight excluding hydrogens is 262 g/mol. The molecule has 1 heterocycles. The van der Waals surface area contributed by atoms with E-state index in [0.717, 1.165) is 50.9 Å². The highest BCUT2D eigenvalue weighted by Gasteiger charge is 2.26. The summed E-state index contributed by atoms with van der Waals surface area (Å²) < 4.78 is 0. The molecule has 4 nitrogen and oxygen atoms in total. The predicted octanol–water partition coefficient (Wildman–Crippen LogP) is 2.94. The molecule has 0 bridgehead atoms. The molecule has 21 heavy (non-hydrogen) atoms. The van der Waals surface area contributed by atoms with E-state index in [-0.39, 0.29) is 6.03 Å². The Labute approximate surface area is 130 Å². The van der Waals surface area contributed by atoms with E-state index in [9.17, 15) is 4.79 Å². The SMILES string of the molecule is CCCN(CC1CC1)C(=O)NCCCN1CCC(C)CC1. The van der Waals surface area contributed by atoms with Gasteiger partial charge in [-0.15, -0.1) is 0 Å². The number of hydrogen-bond donors (Lipinski definition) is 1. The average Bonchev–Trinajstić information content (AvgIpc) is 3.29. The van der Waals surface area contributed by atoms with Gasteiger partial charge in [-0.3, -0.25) is 0 Å². The van der Waals surface area contributed by atoms with Crippen LogP contribution in [0.1, 0.15) is 52.4 Å². The highest BCUT2D eigenvalue weighted by Crippen LogP contribution is 2.29. The Bertz CT molecular complexity index is 309. The van der Waals surface area contributed by atoms with Crippen molar-refractivity contribution in [2.24, 2.45) is 11.8 Å². The summed E-state index contributed by atoms with van der Waals surface area (Å²) in [5.74, 6) is 1.67. The number of likely N-dealkylation sites (tertiary alicyclic amines) is 1. The monoisotopic (exact) mass is 295 g/mol. The smallest absolute Gasteiger partial charge is 0.317 e. The van der Waals surface area contributed by atoms with Gasteiger partial charge in [0, 0.05) is 19.6 Å². The number of piperidine rings is 1. The molecule has 4 heteroatoms. The second-order valence-electron chi connectivity index (χ2n) is 7.00. The zero-order valence-electron chi connectivity index (χ0n) is 13.9. The normalized spacial score (nSPS) is 20.5. The van der Waals surface area contributed by atoms with Gasteiger partial charge in [-0.05, 0) is 70.0 Å². The molecule has 2 fully saturated rings. The highest BCUT2D eigenvalue weighted by molar-refractivity contribution is 5.74. The number of hydrogen-bond acceptors (Lipinski definition) is 2. The molecule has 0 spiro atoms. The first-order valence-electron chi connectivity index (χ1n) is 8.94. The molecule has 2 amide bonds. The number of nitrogens with zero attached hydrogens (tertiary/aromatic N) is 2. The van der Waals surface area contributed by atoms with Gasteiger partial charge >= 0.3 is 6.03 Å². The molecular formula is C17H33N3O. The third-order valence-electron chi connectivity index (χ3n) is 4.76. The lowest BCUT2D eigenvalue weighted by Crippen LogP contribution is -2.42. The van der Waals surface area contributed by atoms with E-state index in [0.29, 0.717) is 0 Å². The van der Waals surface area contributed by atoms with Crippen molar-refractivity contribution in [1.82, 2.24) is 15.1 Å². The van der Waals surface area contributed by atoms with Crippen LogP contribution in [0.25, 0.3) is 0 Å². The molecule has 1 aliphatic carbocycles. The first kappa shape index (κ1) is 16.6. The number of rotatable bonds is 8. The lowest BCUT2D eigenvalue weighted by molar-refractivity contribution is 0.184. The maximum absolute atomic E-state index is 12.2. The van der Waals surface area contributed by atoms with Crippen molar-refractivity contribution in [1.29, 1.82) is 0 Å². The summed E-state index contributed by atoms with van der Waals surface area (Å²) in [6.45, 7) is 10.8. The van der Waals surface area contributed by atoms with Gasteiger partial charge in [-0.2, -0.15) is 0 Å². The van der Waals surface area contributed by atoms with Crippen LogP contribution in [0, 0.1) is 11.8 Å². The van der Waals surface area contributed by atoms with Crippen LogP contribution in [0.15, 0.2) is 0 Å². The molecule has 0 aromatic carbocycles. The third kappa shape index (κ3) is 6.25. The largest absolute Gasteiger partial charge is 0.338 e. The van der Waals surface area contributed by atoms with Crippen molar-refractivity contribution in [2.75, 3.05) is 39.3 Å². The minimum atomic E-state index is 0.149. The van der Waals surface area contributed by atoms with Crippen LogP contribution in [0.2, 0.25) is 0 Å². The van der Waals surface area contributed by atoms with Crippen LogP contribution in [0.3, 0.4) is 0 Å². The van der Waals surface area contributed by atoms with Crippen molar-refractivity contribution in [3.05, 3.63) is 0 Å². The summed E-state index contributed by atoms with van der Waals surface area (Å²) in [6, 6.07) is 0.149. The predicted molar refractivity (Wildman–Crippen MR) is 87.4 cm³/mol. The standard InChI is InChI=1S/C17H33N3O/c1-3-10-20(14-16-5-6-16)17(21)18-9-4-11-19-12-7-15(2)8-13-19/h15-16H,3-14H2,1-2H3,(H,18,21). The summed E-state index contributed by atoms with van der Waals surface area (Å²) in [7, 11) is 0. The molecule has 0 atom stereocenters. The molecule has 0 unspecified atom stereocenters. The van der Waals surface area contributed by atoms with Crippen LogP contribution in [-0.2, 0) is 0 Å². The fraction of sp³-hybridized carbons (Fsp3) is 0.941. The van der Waals surface area contributed by atoms with E-state index in [4.69, 9.17) is 0 Å². The maximum Gasteiger partial charge on any atom is 0.317 e. The number of urea groups is 1. The lowest BCUT2D eigenvalue weighted by atomic mass is 9.99. The van der Waals surface area contributed by atoms with Gasteiger partial charge in [0.05, 0.1) is 0 Å². The van der Waals surface area contributed by atoms with E-state index >= 15 is 0 Å². The molecule has 1 saturated heterocycles. The molecule has 0 radical (unpaired) electrons. The number of carbonyl (C=O) groups is 1. The topological polar surface area (TPSA) is 35.6 Å². The lowest BCUT2D eigenvalue weighted by Gasteiger charge is -2.30. The van der Waals surface area contributed by atoms with Crippen molar-refractivity contribution in [3.8, 4) is 0 Å². The van der Waals surface area contributed by atoms with Crippen molar-refractivity contribution < 1.29 is 4.79 Å². The first-order valence-corrected chi connectivity index (χ1v) is 8.94. The quantitative estimate of drug-likeness (QED) is 0.699. The molecule has 2 aliphatic rings. The first-order chi connectivity index (χ1) is 10.2. The Balaban J connectivity index is 1.56. The Morgan fingerprint density at radius 3 is 2.57 bits per heavy atom. The van der Waals surface area contributed by atoms with Crippen LogP contribution in [-0.4, -0.2) is 55.1 Å². The van der Waals surface area contributed by atoms with Gasteiger partial charge in [0.2, 0.25) is 0 Å². The summed E-state index contributed by atoms with van der Waals surface area (Å²) in [5, 5.41) is 3.11. The Morgan fingerprint density at radius 2 is 1.95 bits per heavy atom. The zero-order valence-corrected chi connectivity index (χ0v) is 13.9. The van der Waals surface area contributed by atoms with E-state index in [1.165, 1.54) is 38.8 Å². The minimum Gasteiger partial charge on any atom is -0.338 e. The van der Waals surface area contributed by atoms with Crippen LogP contribution < -0.4 is 5.32 Å². The van der Waals surface area contributed by atoms with Crippen molar-refractivity contribution >= 4 is 6.03 Å². The molecule has 122 valence electrons. The molecule has 1 aliphatic heterocycles. The highest BCUT2D eigenvalue weighted by atomic mass is 16.2. The van der Waals surface area contributed by atoms with E-state index < -0.39 is 0 Å². The van der Waals surface area contributed by atoms with Gasteiger partial charge in [0.25, 0.3) is 0 Å². The fourth-order valence-corrected chi connectivity index (χ4v) is 3.05. The molecule has 0 aromatic rings. The van der Waals surface area contributed by atoms with Gasteiger partial charge in [-0.1, -0.05) is 13.8 Å². The second kappa shape index (κ2) is 8.62. The molecule has 2 rings (SSSR count). The van der Waals surface area contributed by atoms with Gasteiger partial charge in [-0.25, -0.2) is 4.79 Å². The maximum atomic E-state index is 12.2. The Hall–Kier alpha value is -0.770. The second-order valence-corrected chi connectivity index (χ2v) is 7.00. The Kier molecular flexibility index (Phi) is 6.81. The third-order valence-corrected chi connectivity index (χ3v) is 4.76. The Morgan fingerprint density at radius 1 is 1.24 bits per heavy atom. The number of carbonyl (C=O) groups excluding carboxylic acids is 1. The summed E-state index contributed by atoms with van der Waals surface area (Å²) >= 11 is 0. The minimum absolute atomic E-state index is 0.149.